The molecule has 0 atom stereocenters. The van der Waals surface area contributed by atoms with Gasteiger partial charge in [-0.3, -0.25) is 19.4 Å². The molecule has 31 heavy (non-hydrogen) atoms. The zero-order valence-corrected chi connectivity index (χ0v) is 16.6. The molecule has 3 aromatic rings. The van der Waals surface area contributed by atoms with E-state index in [2.05, 4.69) is 15.6 Å². The number of hydrogen-bond acceptors (Lipinski definition) is 6. The van der Waals surface area contributed by atoms with E-state index in [4.69, 9.17) is 15.2 Å². The van der Waals surface area contributed by atoms with Crippen molar-refractivity contribution in [3.8, 4) is 11.5 Å². The van der Waals surface area contributed by atoms with Crippen LogP contribution in [0.5, 0.6) is 11.5 Å². The van der Waals surface area contributed by atoms with Gasteiger partial charge in [0, 0.05) is 35.4 Å². The Morgan fingerprint density at radius 3 is 2.29 bits per heavy atom. The highest BCUT2D eigenvalue weighted by molar-refractivity contribution is 6.07. The summed E-state index contributed by atoms with van der Waals surface area (Å²) in [5.74, 6) is -0.724. The summed E-state index contributed by atoms with van der Waals surface area (Å²) < 4.78 is 10.5. The number of benzene rings is 2. The fraction of sp³-hybridized carbons (Fsp3) is 0.0909. The van der Waals surface area contributed by atoms with Crippen LogP contribution >= 0.6 is 0 Å². The molecular formula is C22H20N4O5. The lowest BCUT2D eigenvalue weighted by Gasteiger charge is -2.12. The van der Waals surface area contributed by atoms with Crippen LogP contribution in [0.1, 0.15) is 20.7 Å². The molecule has 3 rings (SSSR count). The Morgan fingerprint density at radius 2 is 1.61 bits per heavy atom. The predicted octanol–water partition coefficient (Wildman–Crippen LogP) is 2.46. The van der Waals surface area contributed by atoms with Crippen LogP contribution in [0, 0.1) is 0 Å². The lowest BCUT2D eigenvalue weighted by molar-refractivity contribution is -0.119. The second kappa shape index (κ2) is 9.88. The second-order valence-electron chi connectivity index (χ2n) is 6.35. The van der Waals surface area contributed by atoms with Crippen LogP contribution in [-0.2, 0) is 4.79 Å². The smallest absolute Gasteiger partial charge is 0.257 e. The number of nitrogens with one attached hydrogen (secondary N) is 2. The van der Waals surface area contributed by atoms with E-state index in [-0.39, 0.29) is 18.3 Å². The molecule has 0 fully saturated rings. The highest BCUT2D eigenvalue weighted by atomic mass is 16.5. The number of nitrogens with zero attached hydrogens (tertiary/aromatic N) is 1. The van der Waals surface area contributed by atoms with E-state index in [1.807, 2.05) is 0 Å². The zero-order chi connectivity index (χ0) is 22.2. The number of carbonyl (C=O) groups excluding carboxylic acids is 3. The third-order valence-electron chi connectivity index (χ3n) is 4.10. The first kappa shape index (κ1) is 21.3. The van der Waals surface area contributed by atoms with Gasteiger partial charge in [-0.2, -0.15) is 0 Å². The molecule has 0 aliphatic rings. The van der Waals surface area contributed by atoms with Crippen molar-refractivity contribution in [3.05, 3.63) is 78.1 Å². The van der Waals surface area contributed by atoms with Crippen LogP contribution < -0.4 is 25.8 Å². The second-order valence-corrected chi connectivity index (χ2v) is 6.35. The minimum Gasteiger partial charge on any atom is -0.493 e. The van der Waals surface area contributed by atoms with Gasteiger partial charge in [0.1, 0.15) is 0 Å². The summed E-state index contributed by atoms with van der Waals surface area (Å²) in [4.78, 5) is 39.8. The van der Waals surface area contributed by atoms with E-state index in [1.54, 1.807) is 54.7 Å². The van der Waals surface area contributed by atoms with E-state index in [9.17, 15) is 14.4 Å². The molecule has 9 nitrogen and oxygen atoms in total. The number of ether oxygens (including phenoxy) is 2. The van der Waals surface area contributed by atoms with Crippen molar-refractivity contribution in [2.75, 3.05) is 24.4 Å². The van der Waals surface area contributed by atoms with Crippen LogP contribution in [0.3, 0.4) is 0 Å². The molecule has 158 valence electrons. The zero-order valence-electron chi connectivity index (χ0n) is 16.6. The number of pyridine rings is 1. The maximum Gasteiger partial charge on any atom is 0.257 e. The van der Waals surface area contributed by atoms with Gasteiger partial charge >= 0.3 is 0 Å². The molecule has 0 bridgehead atoms. The Hall–Kier alpha value is -4.40. The van der Waals surface area contributed by atoms with Crippen molar-refractivity contribution < 1.29 is 23.9 Å². The van der Waals surface area contributed by atoms with Crippen molar-refractivity contribution in [1.82, 2.24) is 4.98 Å². The molecule has 2 aromatic carbocycles. The number of aromatic nitrogens is 1. The van der Waals surface area contributed by atoms with Crippen LogP contribution in [0.4, 0.5) is 11.4 Å². The fourth-order valence-corrected chi connectivity index (χ4v) is 2.66. The molecule has 9 heteroatoms. The van der Waals surface area contributed by atoms with Gasteiger partial charge in [-0.15, -0.1) is 0 Å². The number of hydrogen-bond donors (Lipinski definition) is 3. The number of carbonyl (C=O) groups is 3. The summed E-state index contributed by atoms with van der Waals surface area (Å²) >= 11 is 0. The van der Waals surface area contributed by atoms with Crippen LogP contribution in [0.15, 0.2) is 67.0 Å². The fourth-order valence-electron chi connectivity index (χ4n) is 2.66. The number of amides is 3. The van der Waals surface area contributed by atoms with Crippen molar-refractivity contribution in [2.45, 2.75) is 0 Å². The van der Waals surface area contributed by atoms with E-state index < -0.39 is 11.8 Å². The monoisotopic (exact) mass is 420 g/mol. The summed E-state index contributed by atoms with van der Waals surface area (Å²) in [5, 5.41) is 5.47. The molecule has 3 amide bonds. The van der Waals surface area contributed by atoms with Gasteiger partial charge in [0.05, 0.1) is 12.7 Å². The standard InChI is InChI=1S/C22H20N4O5/c1-30-18-8-7-17(11-19(18)31-13-20(23)27)26-21(28)14-4-2-6-16(10-14)25-22(29)15-5-3-9-24-12-15/h2-12H,13H2,1H3,(H2,23,27)(H,25,29)(H,26,28). The molecule has 4 N–H and O–H groups in total. The highest BCUT2D eigenvalue weighted by Gasteiger charge is 2.12. The van der Waals surface area contributed by atoms with Gasteiger partial charge in [0.25, 0.3) is 17.7 Å². The maximum absolute atomic E-state index is 12.7. The largest absolute Gasteiger partial charge is 0.493 e. The average Bonchev–Trinajstić information content (AvgIpc) is 2.78. The molecule has 0 unspecified atom stereocenters. The van der Waals surface area contributed by atoms with E-state index >= 15 is 0 Å². The first-order chi connectivity index (χ1) is 15.0. The summed E-state index contributed by atoms with van der Waals surface area (Å²) in [6.07, 6.45) is 3.03. The molecule has 1 aromatic heterocycles. The number of methoxy groups -OCH3 is 1. The Labute approximate surface area is 178 Å². The number of anilines is 2. The first-order valence-corrected chi connectivity index (χ1v) is 9.18. The third kappa shape index (κ3) is 5.80. The lowest BCUT2D eigenvalue weighted by Crippen LogP contribution is -2.20. The minimum atomic E-state index is -0.637. The highest BCUT2D eigenvalue weighted by Crippen LogP contribution is 2.30. The topological polar surface area (TPSA) is 133 Å². The van der Waals surface area contributed by atoms with Gasteiger partial charge in [-0.1, -0.05) is 6.07 Å². The lowest BCUT2D eigenvalue weighted by atomic mass is 10.1. The number of nitrogens with two attached hydrogens (primary N) is 1. The van der Waals surface area contributed by atoms with Crippen molar-refractivity contribution >= 4 is 29.1 Å². The third-order valence-corrected chi connectivity index (χ3v) is 4.10. The van der Waals surface area contributed by atoms with Gasteiger partial charge < -0.3 is 25.8 Å². The normalized spacial score (nSPS) is 10.1. The number of primary amides is 1. The Morgan fingerprint density at radius 1 is 0.903 bits per heavy atom. The van der Waals surface area contributed by atoms with Crippen LogP contribution in [0.2, 0.25) is 0 Å². The Kier molecular flexibility index (Phi) is 6.79. The van der Waals surface area contributed by atoms with Gasteiger partial charge in [0.15, 0.2) is 18.1 Å². The molecular weight excluding hydrogens is 400 g/mol. The van der Waals surface area contributed by atoms with Gasteiger partial charge in [0.2, 0.25) is 0 Å². The summed E-state index contributed by atoms with van der Waals surface area (Å²) in [5.41, 5.74) is 6.73. The molecule has 0 aliphatic heterocycles. The summed E-state index contributed by atoms with van der Waals surface area (Å²) in [6.45, 7) is -0.327. The Balaban J connectivity index is 1.72. The number of rotatable bonds is 8. The van der Waals surface area contributed by atoms with Gasteiger partial charge in [-0.05, 0) is 42.5 Å². The van der Waals surface area contributed by atoms with Crippen LogP contribution in [0.25, 0.3) is 0 Å². The maximum atomic E-state index is 12.7. The van der Waals surface area contributed by atoms with E-state index in [0.29, 0.717) is 28.3 Å². The van der Waals surface area contributed by atoms with Crippen molar-refractivity contribution in [1.29, 1.82) is 0 Å². The molecule has 0 spiro atoms. The summed E-state index contributed by atoms with van der Waals surface area (Å²) in [7, 11) is 1.45. The van der Waals surface area contributed by atoms with E-state index in [0.717, 1.165) is 0 Å². The van der Waals surface area contributed by atoms with Crippen molar-refractivity contribution in [2.24, 2.45) is 5.73 Å². The van der Waals surface area contributed by atoms with Crippen LogP contribution in [-0.4, -0.2) is 36.4 Å². The SMILES string of the molecule is COc1ccc(NC(=O)c2cccc(NC(=O)c3cccnc3)c2)cc1OCC(N)=O. The average molecular weight is 420 g/mol. The molecule has 0 saturated heterocycles. The molecule has 0 radical (unpaired) electrons. The molecule has 1 heterocycles. The minimum absolute atomic E-state index is 0.261. The Bertz CT molecular complexity index is 1100. The first-order valence-electron chi connectivity index (χ1n) is 9.18. The summed E-state index contributed by atoms with van der Waals surface area (Å²) in [6, 6.07) is 14.5. The van der Waals surface area contributed by atoms with Gasteiger partial charge in [-0.25, -0.2) is 0 Å². The van der Waals surface area contributed by atoms with Crippen molar-refractivity contribution in [3.63, 3.8) is 0 Å². The molecule has 0 aliphatic carbocycles. The predicted molar refractivity (Wildman–Crippen MR) is 114 cm³/mol. The molecule has 0 saturated carbocycles. The van der Waals surface area contributed by atoms with E-state index in [1.165, 1.54) is 19.4 Å². The quantitative estimate of drug-likeness (QED) is 0.513.